The molecule has 0 radical (unpaired) electrons. The lowest BCUT2D eigenvalue weighted by Crippen LogP contribution is -2.28. The zero-order chi connectivity index (χ0) is 13.6. The first-order chi connectivity index (χ1) is 8.44. The number of halogens is 2. The van der Waals surface area contributed by atoms with E-state index in [2.05, 4.69) is 4.72 Å². The lowest BCUT2D eigenvalue weighted by molar-refractivity contribution is 0.570. The van der Waals surface area contributed by atoms with E-state index in [1.807, 2.05) is 6.92 Å². The maximum absolute atomic E-state index is 13.2. The summed E-state index contributed by atoms with van der Waals surface area (Å²) >= 11 is 0. The number of hydrogen-bond donors (Lipinski definition) is 1. The minimum absolute atomic E-state index is 0.0646. The van der Waals surface area contributed by atoms with E-state index < -0.39 is 21.7 Å². The number of sulfonamides is 1. The van der Waals surface area contributed by atoms with Gasteiger partial charge in [-0.15, -0.1) is 0 Å². The lowest BCUT2D eigenvalue weighted by Gasteiger charge is -2.07. The van der Waals surface area contributed by atoms with Crippen molar-refractivity contribution >= 4 is 10.0 Å². The molecular weight excluding hydrogens is 260 g/mol. The SMILES string of the molecule is CCCCS(=O)(=O)NCCc1cc(F)ccc1F. The van der Waals surface area contributed by atoms with Crippen molar-refractivity contribution in [2.75, 3.05) is 12.3 Å². The molecule has 1 aromatic rings. The van der Waals surface area contributed by atoms with Gasteiger partial charge in [0.2, 0.25) is 10.0 Å². The Bertz CT molecular complexity index is 489. The molecule has 0 bridgehead atoms. The highest BCUT2D eigenvalue weighted by atomic mass is 32.2. The second-order valence-electron chi connectivity index (χ2n) is 4.05. The van der Waals surface area contributed by atoms with Gasteiger partial charge in [0.25, 0.3) is 0 Å². The van der Waals surface area contributed by atoms with E-state index in [4.69, 9.17) is 0 Å². The van der Waals surface area contributed by atoms with Crippen LogP contribution in [0.5, 0.6) is 0 Å². The Labute approximate surface area is 106 Å². The van der Waals surface area contributed by atoms with Gasteiger partial charge >= 0.3 is 0 Å². The molecule has 0 saturated carbocycles. The molecule has 0 atom stereocenters. The van der Waals surface area contributed by atoms with Crippen molar-refractivity contribution in [3.63, 3.8) is 0 Å². The van der Waals surface area contributed by atoms with Crippen molar-refractivity contribution < 1.29 is 17.2 Å². The molecule has 0 heterocycles. The predicted molar refractivity (Wildman–Crippen MR) is 66.8 cm³/mol. The first kappa shape index (κ1) is 15.0. The number of benzene rings is 1. The van der Waals surface area contributed by atoms with Crippen molar-refractivity contribution in [3.05, 3.63) is 35.4 Å². The molecule has 18 heavy (non-hydrogen) atoms. The minimum Gasteiger partial charge on any atom is -0.215 e. The molecule has 0 saturated heterocycles. The van der Waals surface area contributed by atoms with Gasteiger partial charge in [-0.2, -0.15) is 0 Å². The van der Waals surface area contributed by atoms with Crippen molar-refractivity contribution in [2.45, 2.75) is 26.2 Å². The van der Waals surface area contributed by atoms with E-state index in [0.29, 0.717) is 6.42 Å². The summed E-state index contributed by atoms with van der Waals surface area (Å²) in [4.78, 5) is 0. The smallest absolute Gasteiger partial charge is 0.211 e. The summed E-state index contributed by atoms with van der Waals surface area (Å²) in [6.07, 6.45) is 1.51. The Kier molecular flexibility index (Phi) is 5.68. The second kappa shape index (κ2) is 6.80. The molecule has 6 heteroatoms. The van der Waals surface area contributed by atoms with Gasteiger partial charge in [0.1, 0.15) is 11.6 Å². The highest BCUT2D eigenvalue weighted by Crippen LogP contribution is 2.09. The van der Waals surface area contributed by atoms with Crippen LogP contribution in [0.2, 0.25) is 0 Å². The van der Waals surface area contributed by atoms with Gasteiger partial charge in [0.15, 0.2) is 0 Å². The standard InChI is InChI=1S/C12H17F2NO2S/c1-2-3-8-18(16,17)15-7-6-10-9-11(13)4-5-12(10)14/h4-5,9,15H,2-3,6-8H2,1H3. The monoisotopic (exact) mass is 277 g/mol. The van der Waals surface area contributed by atoms with E-state index in [1.165, 1.54) is 0 Å². The third-order valence-electron chi connectivity index (χ3n) is 2.49. The minimum atomic E-state index is -3.30. The summed E-state index contributed by atoms with van der Waals surface area (Å²) in [5.74, 6) is -0.987. The Morgan fingerprint density at radius 2 is 2.00 bits per heavy atom. The van der Waals surface area contributed by atoms with Crippen molar-refractivity contribution in [3.8, 4) is 0 Å². The van der Waals surface area contributed by atoms with Crippen molar-refractivity contribution in [1.82, 2.24) is 4.72 Å². The zero-order valence-electron chi connectivity index (χ0n) is 10.2. The van der Waals surface area contributed by atoms with Crippen LogP contribution in [0.1, 0.15) is 25.3 Å². The van der Waals surface area contributed by atoms with Gasteiger partial charge in [-0.25, -0.2) is 21.9 Å². The van der Waals surface area contributed by atoms with Crippen LogP contribution >= 0.6 is 0 Å². The first-order valence-electron chi connectivity index (χ1n) is 5.86. The van der Waals surface area contributed by atoms with Crippen LogP contribution in [0, 0.1) is 11.6 Å². The predicted octanol–water partition coefficient (Wildman–Crippen LogP) is 2.23. The van der Waals surface area contributed by atoms with Crippen molar-refractivity contribution in [2.24, 2.45) is 0 Å². The van der Waals surface area contributed by atoms with E-state index in [0.717, 1.165) is 24.6 Å². The molecule has 0 unspecified atom stereocenters. The maximum Gasteiger partial charge on any atom is 0.211 e. The Morgan fingerprint density at radius 3 is 2.67 bits per heavy atom. The van der Waals surface area contributed by atoms with Crippen LogP contribution in [0.15, 0.2) is 18.2 Å². The van der Waals surface area contributed by atoms with Gasteiger partial charge in [-0.1, -0.05) is 13.3 Å². The molecule has 1 N–H and O–H groups in total. The molecule has 0 amide bonds. The van der Waals surface area contributed by atoms with Crippen LogP contribution in [0.25, 0.3) is 0 Å². The largest absolute Gasteiger partial charge is 0.215 e. The average molecular weight is 277 g/mol. The highest BCUT2D eigenvalue weighted by Gasteiger charge is 2.09. The molecule has 1 rings (SSSR count). The fourth-order valence-corrected chi connectivity index (χ4v) is 2.71. The molecule has 0 fully saturated rings. The normalized spacial score (nSPS) is 11.7. The fourth-order valence-electron chi connectivity index (χ4n) is 1.48. The van der Waals surface area contributed by atoms with Crippen LogP contribution < -0.4 is 4.72 Å². The maximum atomic E-state index is 13.2. The fraction of sp³-hybridized carbons (Fsp3) is 0.500. The zero-order valence-corrected chi connectivity index (χ0v) is 11.1. The molecule has 0 aromatic heterocycles. The van der Waals surface area contributed by atoms with Gasteiger partial charge in [-0.3, -0.25) is 0 Å². The van der Waals surface area contributed by atoms with E-state index in [-0.39, 0.29) is 24.3 Å². The molecule has 0 aliphatic carbocycles. The summed E-state index contributed by atoms with van der Waals surface area (Å²) in [5, 5.41) is 0. The highest BCUT2D eigenvalue weighted by molar-refractivity contribution is 7.89. The first-order valence-corrected chi connectivity index (χ1v) is 7.51. The Morgan fingerprint density at radius 1 is 1.28 bits per heavy atom. The summed E-state index contributed by atoms with van der Waals surface area (Å²) in [6, 6.07) is 3.15. The van der Waals surface area contributed by atoms with Crippen LogP contribution in [0.4, 0.5) is 8.78 Å². The van der Waals surface area contributed by atoms with E-state index in [1.54, 1.807) is 0 Å². The Hall–Kier alpha value is -1.01. The summed E-state index contributed by atoms with van der Waals surface area (Å²) in [5.41, 5.74) is 0.174. The molecular formula is C12H17F2NO2S. The van der Waals surface area contributed by atoms with Gasteiger partial charge < -0.3 is 0 Å². The molecule has 1 aromatic carbocycles. The number of rotatable bonds is 7. The molecule has 102 valence electrons. The molecule has 3 nitrogen and oxygen atoms in total. The molecule has 0 aliphatic rings. The van der Waals surface area contributed by atoms with E-state index >= 15 is 0 Å². The topological polar surface area (TPSA) is 46.2 Å². The van der Waals surface area contributed by atoms with Crippen molar-refractivity contribution in [1.29, 1.82) is 0 Å². The van der Waals surface area contributed by atoms with Gasteiger partial charge in [0.05, 0.1) is 5.75 Å². The third kappa shape index (κ3) is 5.10. The average Bonchev–Trinajstić information content (AvgIpc) is 2.31. The molecule has 0 spiro atoms. The lowest BCUT2D eigenvalue weighted by atomic mass is 10.1. The third-order valence-corrected chi connectivity index (χ3v) is 3.96. The quantitative estimate of drug-likeness (QED) is 0.830. The summed E-state index contributed by atoms with van der Waals surface area (Å²) in [7, 11) is -3.30. The van der Waals surface area contributed by atoms with E-state index in [9.17, 15) is 17.2 Å². The summed E-state index contributed by atoms with van der Waals surface area (Å²) in [6.45, 7) is 1.98. The van der Waals surface area contributed by atoms with Crippen LogP contribution in [-0.4, -0.2) is 20.7 Å². The molecule has 0 aliphatic heterocycles. The number of unbranched alkanes of at least 4 members (excludes halogenated alkanes) is 1. The number of nitrogens with one attached hydrogen (secondary N) is 1. The Balaban J connectivity index is 2.49. The second-order valence-corrected chi connectivity index (χ2v) is 5.98. The number of hydrogen-bond acceptors (Lipinski definition) is 2. The van der Waals surface area contributed by atoms with Gasteiger partial charge in [-0.05, 0) is 36.6 Å². The van der Waals surface area contributed by atoms with Gasteiger partial charge in [0, 0.05) is 6.54 Å². The van der Waals surface area contributed by atoms with Crippen LogP contribution in [-0.2, 0) is 16.4 Å². The summed E-state index contributed by atoms with van der Waals surface area (Å²) < 4.78 is 51.4. The van der Waals surface area contributed by atoms with Crippen LogP contribution in [0.3, 0.4) is 0 Å².